The van der Waals surface area contributed by atoms with E-state index in [2.05, 4.69) is 20.6 Å². The first kappa shape index (κ1) is 23.9. The first-order valence-corrected chi connectivity index (χ1v) is 9.44. The highest BCUT2D eigenvalue weighted by Gasteiger charge is 2.16. The van der Waals surface area contributed by atoms with Crippen LogP contribution in [0.5, 0.6) is 5.88 Å². The number of nitrogens with zero attached hydrogens (tertiary/aromatic N) is 2. The van der Waals surface area contributed by atoms with Gasteiger partial charge in [0.1, 0.15) is 6.10 Å². The normalized spacial score (nSPS) is 14.7. The van der Waals surface area contributed by atoms with Crippen LogP contribution >= 0.6 is 24.0 Å². The SMILES string of the molecule is CN=C(NCCCOCCOC)NCc1ccc(OC2CCCC2)nc1.I. The van der Waals surface area contributed by atoms with Crippen molar-refractivity contribution >= 4 is 29.9 Å². The number of pyridine rings is 1. The summed E-state index contributed by atoms with van der Waals surface area (Å²) in [6.45, 7) is 3.45. The summed E-state index contributed by atoms with van der Waals surface area (Å²) in [6.07, 6.45) is 7.92. The monoisotopic (exact) mass is 492 g/mol. The van der Waals surface area contributed by atoms with E-state index in [0.29, 0.717) is 32.5 Å². The van der Waals surface area contributed by atoms with Crippen molar-refractivity contribution in [1.29, 1.82) is 0 Å². The summed E-state index contributed by atoms with van der Waals surface area (Å²) in [5.74, 6) is 1.49. The largest absolute Gasteiger partial charge is 0.474 e. The number of ether oxygens (including phenoxy) is 3. The van der Waals surface area contributed by atoms with Crippen molar-refractivity contribution < 1.29 is 14.2 Å². The predicted molar refractivity (Wildman–Crippen MR) is 118 cm³/mol. The summed E-state index contributed by atoms with van der Waals surface area (Å²) in [5.41, 5.74) is 1.09. The highest BCUT2D eigenvalue weighted by atomic mass is 127. The van der Waals surface area contributed by atoms with Crippen LogP contribution in [0.1, 0.15) is 37.7 Å². The van der Waals surface area contributed by atoms with Gasteiger partial charge in [0.25, 0.3) is 0 Å². The van der Waals surface area contributed by atoms with Crippen LogP contribution in [0.4, 0.5) is 0 Å². The van der Waals surface area contributed by atoms with Gasteiger partial charge in [-0.3, -0.25) is 4.99 Å². The van der Waals surface area contributed by atoms with Gasteiger partial charge in [-0.1, -0.05) is 6.07 Å². The number of nitrogens with one attached hydrogen (secondary N) is 2. The van der Waals surface area contributed by atoms with E-state index in [9.17, 15) is 0 Å². The summed E-state index contributed by atoms with van der Waals surface area (Å²) in [6, 6.07) is 3.99. The number of methoxy groups -OCH3 is 1. The molecule has 1 heterocycles. The Balaban J connectivity index is 0.00000364. The number of aromatic nitrogens is 1. The van der Waals surface area contributed by atoms with Crippen LogP contribution in [0.25, 0.3) is 0 Å². The maximum Gasteiger partial charge on any atom is 0.213 e. The maximum absolute atomic E-state index is 5.89. The fraction of sp³-hybridized carbons (Fsp3) is 0.684. The molecule has 0 aliphatic heterocycles. The summed E-state index contributed by atoms with van der Waals surface area (Å²) >= 11 is 0. The standard InChI is InChI=1S/C19H32N4O3.HI/c1-20-19(21-10-5-11-25-13-12-24-2)23-15-16-8-9-18(22-14-16)26-17-6-3-4-7-17;/h8-9,14,17H,3-7,10-13,15H2,1-2H3,(H2,20,21,23);1H. The Labute approximate surface area is 179 Å². The molecule has 2 rings (SSSR count). The van der Waals surface area contributed by atoms with Crippen LogP contribution in [0, 0.1) is 0 Å². The van der Waals surface area contributed by atoms with Gasteiger partial charge in [-0.2, -0.15) is 0 Å². The Morgan fingerprint density at radius 1 is 1.19 bits per heavy atom. The Hall–Kier alpha value is -1.13. The fourth-order valence-electron chi connectivity index (χ4n) is 2.79. The molecule has 2 N–H and O–H groups in total. The van der Waals surface area contributed by atoms with E-state index in [4.69, 9.17) is 14.2 Å². The van der Waals surface area contributed by atoms with Crippen molar-refractivity contribution in [2.75, 3.05) is 40.5 Å². The van der Waals surface area contributed by atoms with E-state index in [0.717, 1.165) is 43.2 Å². The smallest absolute Gasteiger partial charge is 0.213 e. The van der Waals surface area contributed by atoms with E-state index in [1.54, 1.807) is 14.2 Å². The minimum atomic E-state index is 0. The Morgan fingerprint density at radius 2 is 2.00 bits per heavy atom. The first-order valence-electron chi connectivity index (χ1n) is 9.44. The molecule has 1 aliphatic carbocycles. The van der Waals surface area contributed by atoms with E-state index < -0.39 is 0 Å². The Bertz CT molecular complexity index is 522. The van der Waals surface area contributed by atoms with Crippen molar-refractivity contribution in [3.8, 4) is 5.88 Å². The molecule has 0 unspecified atom stereocenters. The molecular formula is C19H33IN4O3. The molecule has 1 aromatic rings. The van der Waals surface area contributed by atoms with Gasteiger partial charge in [0.2, 0.25) is 5.88 Å². The highest BCUT2D eigenvalue weighted by molar-refractivity contribution is 14.0. The number of aliphatic imine (C=N–C) groups is 1. The first-order chi connectivity index (χ1) is 12.8. The molecule has 7 nitrogen and oxygen atoms in total. The van der Waals surface area contributed by atoms with Gasteiger partial charge < -0.3 is 24.8 Å². The van der Waals surface area contributed by atoms with Gasteiger partial charge >= 0.3 is 0 Å². The number of rotatable bonds is 11. The van der Waals surface area contributed by atoms with Gasteiger partial charge in [0.05, 0.1) is 13.2 Å². The van der Waals surface area contributed by atoms with Gasteiger partial charge in [-0.05, 0) is 37.7 Å². The van der Waals surface area contributed by atoms with Crippen LogP contribution in [-0.2, 0) is 16.0 Å². The molecule has 0 saturated heterocycles. The molecule has 1 saturated carbocycles. The average Bonchev–Trinajstić information content (AvgIpc) is 3.17. The molecule has 1 aliphatic rings. The van der Waals surface area contributed by atoms with Crippen LogP contribution in [0.15, 0.2) is 23.3 Å². The molecular weight excluding hydrogens is 459 g/mol. The molecule has 1 fully saturated rings. The lowest BCUT2D eigenvalue weighted by molar-refractivity contribution is 0.0698. The third-order valence-electron chi connectivity index (χ3n) is 4.26. The van der Waals surface area contributed by atoms with Crippen LogP contribution in [0.3, 0.4) is 0 Å². The fourth-order valence-corrected chi connectivity index (χ4v) is 2.79. The third-order valence-corrected chi connectivity index (χ3v) is 4.26. The van der Waals surface area contributed by atoms with Crippen molar-refractivity contribution in [1.82, 2.24) is 15.6 Å². The molecule has 8 heteroatoms. The molecule has 0 spiro atoms. The Kier molecular flexibility index (Phi) is 13.2. The molecule has 0 bridgehead atoms. The summed E-state index contributed by atoms with van der Waals surface area (Å²) in [4.78, 5) is 8.63. The van der Waals surface area contributed by atoms with Gasteiger partial charge in [-0.25, -0.2) is 4.98 Å². The number of hydrogen-bond donors (Lipinski definition) is 2. The molecule has 0 atom stereocenters. The summed E-state index contributed by atoms with van der Waals surface area (Å²) < 4.78 is 16.3. The van der Waals surface area contributed by atoms with E-state index >= 15 is 0 Å². The topological polar surface area (TPSA) is 77.0 Å². The van der Waals surface area contributed by atoms with Crippen molar-refractivity contribution in [2.45, 2.75) is 44.8 Å². The van der Waals surface area contributed by atoms with E-state index in [-0.39, 0.29) is 24.0 Å². The average molecular weight is 492 g/mol. The number of halogens is 1. The van der Waals surface area contributed by atoms with Gasteiger partial charge in [-0.15, -0.1) is 24.0 Å². The van der Waals surface area contributed by atoms with Crippen LogP contribution in [0.2, 0.25) is 0 Å². The predicted octanol–water partition coefficient (Wildman–Crippen LogP) is 2.74. The number of hydrogen-bond acceptors (Lipinski definition) is 5. The minimum Gasteiger partial charge on any atom is -0.474 e. The minimum absolute atomic E-state index is 0. The molecule has 27 heavy (non-hydrogen) atoms. The summed E-state index contributed by atoms with van der Waals surface area (Å²) in [5, 5.41) is 6.56. The van der Waals surface area contributed by atoms with Crippen LogP contribution in [-0.4, -0.2) is 57.6 Å². The summed E-state index contributed by atoms with van der Waals surface area (Å²) in [7, 11) is 3.44. The quantitative estimate of drug-likeness (QED) is 0.214. The zero-order valence-corrected chi connectivity index (χ0v) is 18.7. The maximum atomic E-state index is 5.89. The van der Waals surface area contributed by atoms with Gasteiger partial charge in [0.15, 0.2) is 5.96 Å². The van der Waals surface area contributed by atoms with Crippen molar-refractivity contribution in [3.05, 3.63) is 23.9 Å². The number of guanidine groups is 1. The van der Waals surface area contributed by atoms with E-state index in [1.165, 1.54) is 12.8 Å². The van der Waals surface area contributed by atoms with Crippen molar-refractivity contribution in [3.63, 3.8) is 0 Å². The highest BCUT2D eigenvalue weighted by Crippen LogP contribution is 2.22. The lowest BCUT2D eigenvalue weighted by Gasteiger charge is -2.13. The zero-order chi connectivity index (χ0) is 18.5. The zero-order valence-electron chi connectivity index (χ0n) is 16.4. The molecule has 0 aromatic carbocycles. The van der Waals surface area contributed by atoms with Crippen LogP contribution < -0.4 is 15.4 Å². The second-order valence-corrected chi connectivity index (χ2v) is 6.34. The Morgan fingerprint density at radius 3 is 2.67 bits per heavy atom. The van der Waals surface area contributed by atoms with Gasteiger partial charge in [0, 0.05) is 46.1 Å². The molecule has 1 aromatic heterocycles. The lowest BCUT2D eigenvalue weighted by Crippen LogP contribution is -2.37. The lowest BCUT2D eigenvalue weighted by atomic mass is 10.3. The molecule has 0 amide bonds. The van der Waals surface area contributed by atoms with E-state index in [1.807, 2.05) is 18.3 Å². The second-order valence-electron chi connectivity index (χ2n) is 6.34. The molecule has 154 valence electrons. The molecule has 0 radical (unpaired) electrons. The van der Waals surface area contributed by atoms with Crippen molar-refractivity contribution in [2.24, 2.45) is 4.99 Å². The third kappa shape index (κ3) is 10.1. The second kappa shape index (κ2) is 14.9.